The summed E-state index contributed by atoms with van der Waals surface area (Å²) < 4.78 is 11.3. The summed E-state index contributed by atoms with van der Waals surface area (Å²) in [7, 11) is 0. The van der Waals surface area contributed by atoms with E-state index in [4.69, 9.17) is 20.5 Å². The largest absolute Gasteiger partial charge is 0.460 e. The second-order valence-corrected chi connectivity index (χ2v) is 16.2. The number of carbonyl (C=O) groups is 2. The summed E-state index contributed by atoms with van der Waals surface area (Å²) in [6, 6.07) is 4.97. The fourth-order valence-corrected chi connectivity index (χ4v) is 5.88. The second-order valence-electron chi connectivity index (χ2n) is 15.4. The molecule has 314 valence electrons. The van der Waals surface area contributed by atoms with Crippen LogP contribution in [0.1, 0.15) is 79.3 Å². The fourth-order valence-electron chi connectivity index (χ4n) is 5.55. The number of nitrogens with one attached hydrogen (secondary N) is 3. The van der Waals surface area contributed by atoms with Gasteiger partial charge in [0, 0.05) is 44.7 Å². The van der Waals surface area contributed by atoms with Crippen molar-refractivity contribution >= 4 is 62.4 Å². The Morgan fingerprint density at radius 1 is 0.914 bits per heavy atom. The Labute approximate surface area is 345 Å². The lowest BCUT2D eigenvalue weighted by Crippen LogP contribution is -2.42. The van der Waals surface area contributed by atoms with Crippen LogP contribution >= 0.6 is 15.9 Å². The number of hydrogen-bond acceptors (Lipinski definition) is 17. The number of ether oxygens (including phenoxy) is 2. The van der Waals surface area contributed by atoms with Gasteiger partial charge in [-0.25, -0.2) is 24.7 Å². The number of nitrogens with zero attached hydrogens (tertiary/aromatic N) is 8. The van der Waals surface area contributed by atoms with Crippen LogP contribution in [0.15, 0.2) is 41.5 Å². The molecule has 0 spiro atoms. The highest BCUT2D eigenvalue weighted by Crippen LogP contribution is 2.29. The Morgan fingerprint density at radius 2 is 1.52 bits per heavy atom. The van der Waals surface area contributed by atoms with Crippen LogP contribution in [-0.2, 0) is 14.3 Å². The van der Waals surface area contributed by atoms with Crippen molar-refractivity contribution in [3.8, 4) is 6.07 Å². The number of amides is 1. The van der Waals surface area contributed by atoms with Crippen molar-refractivity contribution in [2.45, 2.75) is 84.8 Å². The number of rotatable bonds is 15. The molecule has 58 heavy (non-hydrogen) atoms. The van der Waals surface area contributed by atoms with Crippen molar-refractivity contribution < 1.29 is 28.9 Å². The summed E-state index contributed by atoms with van der Waals surface area (Å²) in [4.78, 5) is 63.2. The molecule has 0 aromatic carbocycles. The molecule has 1 unspecified atom stereocenters. The van der Waals surface area contributed by atoms with E-state index in [9.17, 15) is 29.8 Å². The number of nitrogens with two attached hydrogens (primary N) is 1. The molecule has 1 saturated heterocycles. The van der Waals surface area contributed by atoms with E-state index in [1.165, 1.54) is 24.7 Å². The van der Waals surface area contributed by atoms with Crippen LogP contribution in [0.25, 0.3) is 0 Å². The van der Waals surface area contributed by atoms with Gasteiger partial charge in [0.2, 0.25) is 0 Å². The maximum Gasteiger partial charge on any atom is 0.410 e. The average molecular weight is 872 g/mol. The van der Waals surface area contributed by atoms with E-state index < -0.39 is 21.0 Å². The van der Waals surface area contributed by atoms with Crippen LogP contribution in [0.5, 0.6) is 0 Å². The summed E-state index contributed by atoms with van der Waals surface area (Å²) >= 11 is 3.23. The van der Waals surface area contributed by atoms with E-state index in [0.29, 0.717) is 73.4 Å². The first kappa shape index (κ1) is 46.6. The normalized spacial score (nSPS) is 13.5. The standard InChI is InChI=1S/C21H28N8O4.C16H23BrN4O4/c1-21(2,3)33-20(30)5-4-14(6-7-22)10-25-16-8-18(27-12-17(16)29(31)32)28-19-13-24-15(9-23)11-26-19;1-16(2,3)25-15(22)20-6-4-11(5-7-20)9-18-12-8-14(17)19-10-13(12)21(23)24/h8,11-14H,4-7,10,22H2,1-3H3,(H2,25,26,27,28);8,10-11H,4-7,9H2,1-3H3,(H,18,19). The first-order valence-electron chi connectivity index (χ1n) is 18.6. The first-order chi connectivity index (χ1) is 27.3. The number of nitro groups is 2. The number of pyridine rings is 2. The number of likely N-dealkylation sites (tertiary alicyclic amines) is 1. The van der Waals surface area contributed by atoms with Crippen molar-refractivity contribution in [1.29, 1.82) is 5.26 Å². The molecule has 4 rings (SSSR count). The molecule has 20 nitrogen and oxygen atoms in total. The van der Waals surface area contributed by atoms with Gasteiger partial charge in [0.15, 0.2) is 5.69 Å². The molecule has 0 saturated carbocycles. The number of esters is 1. The van der Waals surface area contributed by atoms with Crippen molar-refractivity contribution in [2.75, 3.05) is 48.7 Å². The molecule has 3 aromatic rings. The molecular formula is C37H51BrN12O8. The third-order valence-corrected chi connectivity index (χ3v) is 8.76. The highest BCUT2D eigenvalue weighted by Gasteiger charge is 2.27. The molecule has 21 heteroatoms. The Kier molecular flexibility index (Phi) is 17.4. The van der Waals surface area contributed by atoms with Crippen LogP contribution in [0.2, 0.25) is 0 Å². The molecule has 0 radical (unpaired) electrons. The van der Waals surface area contributed by atoms with Crippen molar-refractivity contribution in [3.05, 3.63) is 67.4 Å². The van der Waals surface area contributed by atoms with Gasteiger partial charge in [-0.2, -0.15) is 5.26 Å². The molecule has 3 aromatic heterocycles. The zero-order valence-corrected chi connectivity index (χ0v) is 35.1. The number of hydrogen-bond donors (Lipinski definition) is 4. The lowest BCUT2D eigenvalue weighted by Gasteiger charge is -2.33. The van der Waals surface area contributed by atoms with E-state index in [-0.39, 0.29) is 47.2 Å². The molecular weight excluding hydrogens is 820 g/mol. The van der Waals surface area contributed by atoms with Crippen LogP contribution in [-0.4, -0.2) is 90.7 Å². The van der Waals surface area contributed by atoms with E-state index >= 15 is 0 Å². The zero-order chi connectivity index (χ0) is 43.0. The zero-order valence-electron chi connectivity index (χ0n) is 33.5. The molecule has 5 N–H and O–H groups in total. The first-order valence-corrected chi connectivity index (χ1v) is 19.4. The summed E-state index contributed by atoms with van der Waals surface area (Å²) in [6.45, 7) is 13.6. The number of aromatic nitrogens is 4. The van der Waals surface area contributed by atoms with Gasteiger partial charge in [0.25, 0.3) is 0 Å². The highest BCUT2D eigenvalue weighted by molar-refractivity contribution is 9.10. The molecule has 1 aliphatic rings. The van der Waals surface area contributed by atoms with Gasteiger partial charge in [0.05, 0.1) is 22.2 Å². The summed E-state index contributed by atoms with van der Waals surface area (Å²) in [6.07, 6.45) is 7.80. The van der Waals surface area contributed by atoms with E-state index in [2.05, 4.69) is 51.8 Å². The van der Waals surface area contributed by atoms with Crippen LogP contribution in [0, 0.1) is 43.4 Å². The summed E-state index contributed by atoms with van der Waals surface area (Å²) in [5, 5.41) is 40.5. The van der Waals surface area contributed by atoms with Gasteiger partial charge >= 0.3 is 23.4 Å². The minimum absolute atomic E-state index is 0.0103. The van der Waals surface area contributed by atoms with Crippen LogP contribution < -0.4 is 21.7 Å². The molecule has 1 atom stereocenters. The van der Waals surface area contributed by atoms with Crippen LogP contribution in [0.4, 0.5) is 39.2 Å². The second kappa shape index (κ2) is 21.7. The quantitative estimate of drug-likeness (QED) is 0.0534. The number of nitriles is 1. The molecule has 0 aliphatic carbocycles. The Bertz CT molecular complexity index is 1910. The molecule has 1 amide bonds. The molecule has 1 aliphatic heterocycles. The average Bonchev–Trinajstić information content (AvgIpc) is 3.14. The van der Waals surface area contributed by atoms with E-state index in [0.717, 1.165) is 19.0 Å². The summed E-state index contributed by atoms with van der Waals surface area (Å²) in [5.74, 6) is 0.696. The Hall–Kier alpha value is -5.75. The third-order valence-electron chi connectivity index (χ3n) is 8.33. The van der Waals surface area contributed by atoms with Gasteiger partial charge < -0.3 is 36.1 Å². The van der Waals surface area contributed by atoms with Crippen molar-refractivity contribution in [2.24, 2.45) is 17.6 Å². The van der Waals surface area contributed by atoms with Crippen LogP contribution in [0.3, 0.4) is 0 Å². The predicted octanol–water partition coefficient (Wildman–Crippen LogP) is 6.71. The van der Waals surface area contributed by atoms with Crippen molar-refractivity contribution in [1.82, 2.24) is 24.8 Å². The van der Waals surface area contributed by atoms with Gasteiger partial charge in [0.1, 0.15) is 57.3 Å². The van der Waals surface area contributed by atoms with Gasteiger partial charge in [-0.15, -0.1) is 0 Å². The SMILES string of the molecule is CC(C)(C)OC(=O)CCC(CCN)CNc1cc(Nc2cnc(C#N)cn2)ncc1[N+](=O)[O-].CC(C)(C)OC(=O)N1CCC(CNc2cc(Br)ncc2[N+](=O)[O-])CC1. The Morgan fingerprint density at radius 3 is 2.07 bits per heavy atom. The predicted molar refractivity (Wildman–Crippen MR) is 219 cm³/mol. The topological polar surface area (TPSA) is 280 Å². The lowest BCUT2D eigenvalue weighted by molar-refractivity contribution is -0.384. The van der Waals surface area contributed by atoms with E-state index in [1.807, 2.05) is 47.6 Å². The maximum atomic E-state index is 12.1. The fraction of sp³-hybridized carbons (Fsp3) is 0.541. The number of piperidine rings is 1. The van der Waals surface area contributed by atoms with Gasteiger partial charge in [-0.1, -0.05) is 0 Å². The van der Waals surface area contributed by atoms with E-state index in [1.54, 1.807) is 11.0 Å². The molecule has 4 heterocycles. The smallest absolute Gasteiger partial charge is 0.410 e. The maximum absolute atomic E-state index is 12.1. The number of halogens is 1. The molecule has 0 bridgehead atoms. The highest BCUT2D eigenvalue weighted by atomic mass is 79.9. The monoisotopic (exact) mass is 870 g/mol. The molecule has 1 fully saturated rings. The van der Waals surface area contributed by atoms with Crippen molar-refractivity contribution in [3.63, 3.8) is 0 Å². The lowest BCUT2D eigenvalue weighted by atomic mass is 9.97. The number of anilines is 4. The summed E-state index contributed by atoms with van der Waals surface area (Å²) in [5.41, 5.74) is 5.29. The van der Waals surface area contributed by atoms with Gasteiger partial charge in [-0.05, 0) is 102 Å². The van der Waals surface area contributed by atoms with Gasteiger partial charge in [-0.3, -0.25) is 25.0 Å². The minimum atomic E-state index is -0.556. The number of carbonyl (C=O) groups excluding carboxylic acids is 2. The minimum Gasteiger partial charge on any atom is -0.460 e. The third kappa shape index (κ3) is 16.4. The Balaban J connectivity index is 0.000000322.